The highest BCUT2D eigenvalue weighted by molar-refractivity contribution is 7.13. The normalized spacial score (nSPS) is 11.8. The van der Waals surface area contributed by atoms with Gasteiger partial charge in [0.2, 0.25) is 0 Å². The van der Waals surface area contributed by atoms with Crippen LogP contribution in [-0.4, -0.2) is 19.9 Å². The summed E-state index contributed by atoms with van der Waals surface area (Å²) in [5.41, 5.74) is -2.50. The fourth-order valence-corrected chi connectivity index (χ4v) is 4.44. The molecule has 0 atom stereocenters. The Morgan fingerprint density at radius 2 is 1.74 bits per heavy atom. The lowest BCUT2D eigenvalue weighted by Crippen LogP contribution is -2.15. The third-order valence-electron chi connectivity index (χ3n) is 4.90. The molecule has 0 aliphatic carbocycles. The number of thiazole rings is 1. The van der Waals surface area contributed by atoms with Gasteiger partial charge in [0.1, 0.15) is 28.0 Å². The molecular weight excluding hydrogens is 499 g/mol. The molecule has 0 fully saturated rings. The number of nitrogens with zero attached hydrogens (tertiary/aromatic N) is 4. The molecule has 0 aliphatic rings. The molecule has 5 nitrogen and oxygen atoms in total. The van der Waals surface area contributed by atoms with Crippen molar-refractivity contribution < 1.29 is 26.5 Å². The van der Waals surface area contributed by atoms with Crippen LogP contribution in [0.15, 0.2) is 64.8 Å². The average Bonchev–Trinajstić information content (AvgIpc) is 3.52. The van der Waals surface area contributed by atoms with E-state index in [9.17, 15) is 22.0 Å². The van der Waals surface area contributed by atoms with Crippen molar-refractivity contribution in [1.82, 2.24) is 19.9 Å². The van der Waals surface area contributed by atoms with E-state index in [1.807, 2.05) is 0 Å². The number of hydrogen-bond acceptors (Lipinski definition) is 5. The summed E-state index contributed by atoms with van der Waals surface area (Å²) in [5.74, 6) is -2.01. The summed E-state index contributed by atoms with van der Waals surface area (Å²) in [5, 5.41) is 9.42. The van der Waals surface area contributed by atoms with Crippen molar-refractivity contribution in [1.29, 1.82) is 0 Å². The van der Waals surface area contributed by atoms with Crippen LogP contribution in [0.2, 0.25) is 5.02 Å². The van der Waals surface area contributed by atoms with Gasteiger partial charge in [-0.1, -0.05) is 35.0 Å². The van der Waals surface area contributed by atoms with Crippen LogP contribution in [0.5, 0.6) is 0 Å². The van der Waals surface area contributed by atoms with Gasteiger partial charge in [-0.15, -0.1) is 11.3 Å². The van der Waals surface area contributed by atoms with Crippen molar-refractivity contribution in [3.63, 3.8) is 0 Å². The minimum atomic E-state index is -4.96. The molecule has 5 rings (SSSR count). The first-order valence-corrected chi connectivity index (χ1v) is 10.8. The average molecular weight is 509 g/mol. The zero-order valence-electron chi connectivity index (χ0n) is 16.6. The summed E-state index contributed by atoms with van der Waals surface area (Å²) >= 11 is 7.27. The quantitative estimate of drug-likeness (QED) is 0.240. The molecule has 3 aromatic heterocycles. The van der Waals surface area contributed by atoms with E-state index in [0.717, 1.165) is 35.7 Å². The van der Waals surface area contributed by atoms with Crippen LogP contribution in [-0.2, 0) is 6.18 Å². The van der Waals surface area contributed by atoms with E-state index in [0.29, 0.717) is 4.68 Å². The van der Waals surface area contributed by atoms with Crippen LogP contribution in [0.3, 0.4) is 0 Å². The van der Waals surface area contributed by atoms with Gasteiger partial charge < -0.3 is 4.52 Å². The van der Waals surface area contributed by atoms with E-state index in [-0.39, 0.29) is 32.6 Å². The number of alkyl halides is 3. The lowest BCUT2D eigenvalue weighted by molar-refractivity contribution is -0.142. The Balaban J connectivity index is 1.81. The number of para-hydroxylation sites is 1. The smallest absolute Gasteiger partial charge is 0.355 e. The highest BCUT2D eigenvalue weighted by Gasteiger charge is 2.42. The van der Waals surface area contributed by atoms with Gasteiger partial charge in [0.25, 0.3) is 0 Å². The second-order valence-corrected chi connectivity index (χ2v) is 8.24. The van der Waals surface area contributed by atoms with Crippen LogP contribution in [0.1, 0.15) is 5.69 Å². The Labute approximate surface area is 197 Å². The molecule has 0 radical (unpaired) electrons. The van der Waals surface area contributed by atoms with E-state index < -0.39 is 34.8 Å². The standard InChI is InChI=1S/C22H10ClF5N4OS/c23-12-4-3-6-14(25)16(12)18-17(21-29-8-9-34-21)19(33-31-18)11-10-30-32(20(11)22(26,27)28)15-7-2-1-5-13(15)24/h1-10H. The molecule has 0 amide bonds. The van der Waals surface area contributed by atoms with E-state index in [1.165, 1.54) is 30.5 Å². The maximum absolute atomic E-state index is 14.7. The maximum Gasteiger partial charge on any atom is 0.434 e. The van der Waals surface area contributed by atoms with Gasteiger partial charge in [0, 0.05) is 11.6 Å². The van der Waals surface area contributed by atoms with E-state index in [1.54, 1.807) is 5.38 Å². The summed E-state index contributed by atoms with van der Waals surface area (Å²) in [6.07, 6.45) is -2.65. The maximum atomic E-state index is 14.7. The topological polar surface area (TPSA) is 56.7 Å². The number of hydrogen-bond donors (Lipinski definition) is 0. The second-order valence-electron chi connectivity index (χ2n) is 6.94. The van der Waals surface area contributed by atoms with Gasteiger partial charge in [-0.05, 0) is 24.3 Å². The van der Waals surface area contributed by atoms with Gasteiger partial charge in [-0.3, -0.25) is 0 Å². The predicted molar refractivity (Wildman–Crippen MR) is 116 cm³/mol. The summed E-state index contributed by atoms with van der Waals surface area (Å²) in [4.78, 5) is 4.15. The van der Waals surface area contributed by atoms with E-state index in [2.05, 4.69) is 15.2 Å². The molecule has 2 aromatic carbocycles. The molecular formula is C22H10ClF5N4OS. The van der Waals surface area contributed by atoms with Crippen molar-refractivity contribution in [3.8, 4) is 38.8 Å². The zero-order chi connectivity index (χ0) is 24.0. The summed E-state index contributed by atoms with van der Waals surface area (Å²) in [7, 11) is 0. The van der Waals surface area contributed by atoms with Gasteiger partial charge >= 0.3 is 6.18 Å². The van der Waals surface area contributed by atoms with Crippen molar-refractivity contribution >= 4 is 22.9 Å². The lowest BCUT2D eigenvalue weighted by atomic mass is 10.0. The Kier molecular flexibility index (Phi) is 5.45. The predicted octanol–water partition coefficient (Wildman–Crippen LogP) is 7.27. The van der Waals surface area contributed by atoms with Gasteiger partial charge in [-0.2, -0.15) is 18.3 Å². The third kappa shape index (κ3) is 3.66. The third-order valence-corrected chi connectivity index (χ3v) is 6.01. The summed E-state index contributed by atoms with van der Waals surface area (Å²) in [6.45, 7) is 0. The fraction of sp³-hybridized carbons (Fsp3) is 0.0455. The van der Waals surface area contributed by atoms with Gasteiger partial charge in [-0.25, -0.2) is 18.4 Å². The Hall–Kier alpha value is -3.57. The molecule has 172 valence electrons. The Morgan fingerprint density at radius 1 is 0.971 bits per heavy atom. The highest BCUT2D eigenvalue weighted by atomic mass is 35.5. The van der Waals surface area contributed by atoms with Gasteiger partial charge in [0.15, 0.2) is 11.5 Å². The first kappa shape index (κ1) is 22.2. The lowest BCUT2D eigenvalue weighted by Gasteiger charge is -2.13. The first-order chi connectivity index (χ1) is 16.3. The minimum Gasteiger partial charge on any atom is -0.355 e. The molecule has 0 N–H and O–H groups in total. The largest absolute Gasteiger partial charge is 0.434 e. The van der Waals surface area contributed by atoms with Crippen molar-refractivity contribution in [2.45, 2.75) is 6.18 Å². The molecule has 12 heteroatoms. The van der Waals surface area contributed by atoms with Crippen molar-refractivity contribution in [2.24, 2.45) is 0 Å². The Bertz CT molecular complexity index is 1470. The van der Waals surface area contributed by atoms with Crippen LogP contribution >= 0.6 is 22.9 Å². The molecule has 0 spiro atoms. The van der Waals surface area contributed by atoms with Crippen LogP contribution in [0, 0.1) is 11.6 Å². The SMILES string of the molecule is Fc1ccccc1-n1ncc(-c2onc(-c3c(F)cccc3Cl)c2-c2nccs2)c1C(F)(F)F. The van der Waals surface area contributed by atoms with Crippen LogP contribution in [0.4, 0.5) is 22.0 Å². The van der Waals surface area contributed by atoms with Crippen LogP contribution in [0.25, 0.3) is 38.8 Å². The molecule has 0 saturated heterocycles. The summed E-state index contributed by atoms with van der Waals surface area (Å²) < 4.78 is 77.5. The fourth-order valence-electron chi connectivity index (χ4n) is 3.51. The monoisotopic (exact) mass is 508 g/mol. The van der Waals surface area contributed by atoms with E-state index in [4.69, 9.17) is 16.1 Å². The second kappa shape index (κ2) is 8.33. The number of benzene rings is 2. The molecule has 0 unspecified atom stereocenters. The molecule has 0 bridgehead atoms. The molecule has 0 aliphatic heterocycles. The number of aromatic nitrogens is 4. The minimum absolute atomic E-state index is 0.000540. The Morgan fingerprint density at radius 3 is 2.41 bits per heavy atom. The number of halogens is 6. The zero-order valence-corrected chi connectivity index (χ0v) is 18.2. The first-order valence-electron chi connectivity index (χ1n) is 9.51. The highest BCUT2D eigenvalue weighted by Crippen LogP contribution is 2.47. The molecule has 3 heterocycles. The molecule has 0 saturated carbocycles. The van der Waals surface area contributed by atoms with Crippen LogP contribution < -0.4 is 0 Å². The summed E-state index contributed by atoms with van der Waals surface area (Å²) in [6, 6.07) is 8.84. The van der Waals surface area contributed by atoms with Gasteiger partial charge in [0.05, 0.1) is 27.9 Å². The molecule has 34 heavy (non-hydrogen) atoms. The van der Waals surface area contributed by atoms with Crippen molar-refractivity contribution in [2.75, 3.05) is 0 Å². The van der Waals surface area contributed by atoms with Crippen molar-refractivity contribution in [3.05, 3.63) is 82.6 Å². The number of rotatable bonds is 4. The van der Waals surface area contributed by atoms with E-state index >= 15 is 0 Å². The molecule has 5 aromatic rings.